The molecule has 2 fully saturated rings. The molecule has 6 heteroatoms. The van der Waals surface area contributed by atoms with E-state index >= 15 is 0 Å². The molecule has 6 nitrogen and oxygen atoms in total. The van der Waals surface area contributed by atoms with Crippen LogP contribution < -0.4 is 10.6 Å². The maximum Gasteiger partial charge on any atom is 0.253 e. The Labute approximate surface area is 155 Å². The smallest absolute Gasteiger partial charge is 0.253 e. The number of nitrogens with zero attached hydrogens (tertiary/aromatic N) is 1. The van der Waals surface area contributed by atoms with Gasteiger partial charge >= 0.3 is 0 Å². The molecule has 2 amide bonds. The Bertz CT molecular complexity index is 605. The van der Waals surface area contributed by atoms with Gasteiger partial charge in [0.25, 0.3) is 5.91 Å². The van der Waals surface area contributed by atoms with Crippen LogP contribution in [0.3, 0.4) is 0 Å². The van der Waals surface area contributed by atoms with Crippen LogP contribution in [0.25, 0.3) is 0 Å². The molecule has 3 rings (SSSR count). The van der Waals surface area contributed by atoms with Crippen LogP contribution in [0.4, 0.5) is 5.69 Å². The summed E-state index contributed by atoms with van der Waals surface area (Å²) in [6.07, 6.45) is 4.38. The molecule has 2 heterocycles. The van der Waals surface area contributed by atoms with Gasteiger partial charge in [-0.2, -0.15) is 0 Å². The van der Waals surface area contributed by atoms with Gasteiger partial charge in [0.1, 0.15) is 0 Å². The van der Waals surface area contributed by atoms with Gasteiger partial charge in [0.2, 0.25) is 5.91 Å². The van der Waals surface area contributed by atoms with Crippen molar-refractivity contribution in [1.29, 1.82) is 0 Å². The minimum atomic E-state index is 0.0171. The average Bonchev–Trinajstić information content (AvgIpc) is 3.20. The number of benzene rings is 1. The summed E-state index contributed by atoms with van der Waals surface area (Å²) in [6, 6.07) is 7.42. The van der Waals surface area contributed by atoms with Gasteiger partial charge in [0.05, 0.1) is 0 Å². The SMILES string of the molecule is CN(C(=O)c1ccc(NC(=O)CCC2CCNC2)cc1)C1CCOCC1. The van der Waals surface area contributed by atoms with E-state index in [9.17, 15) is 9.59 Å². The number of rotatable bonds is 6. The molecule has 2 aliphatic heterocycles. The Hall–Kier alpha value is -1.92. The van der Waals surface area contributed by atoms with Gasteiger partial charge in [0.15, 0.2) is 0 Å². The Morgan fingerprint density at radius 1 is 1.19 bits per heavy atom. The zero-order valence-corrected chi connectivity index (χ0v) is 15.5. The first kappa shape index (κ1) is 18.9. The first-order valence-corrected chi connectivity index (χ1v) is 9.59. The molecule has 0 radical (unpaired) electrons. The predicted molar refractivity (Wildman–Crippen MR) is 101 cm³/mol. The molecule has 2 N–H and O–H groups in total. The molecule has 2 aliphatic rings. The van der Waals surface area contributed by atoms with Crippen molar-refractivity contribution in [2.45, 2.75) is 38.1 Å². The molecule has 26 heavy (non-hydrogen) atoms. The van der Waals surface area contributed by atoms with Crippen LogP contribution in [-0.2, 0) is 9.53 Å². The lowest BCUT2D eigenvalue weighted by molar-refractivity contribution is -0.116. The molecule has 1 aromatic rings. The molecule has 0 spiro atoms. The van der Waals surface area contributed by atoms with Gasteiger partial charge in [-0.1, -0.05) is 0 Å². The van der Waals surface area contributed by atoms with Crippen LogP contribution in [0.2, 0.25) is 0 Å². The van der Waals surface area contributed by atoms with Gasteiger partial charge < -0.3 is 20.3 Å². The third kappa shape index (κ3) is 5.05. The number of anilines is 1. The summed E-state index contributed by atoms with van der Waals surface area (Å²) >= 11 is 0. The Balaban J connectivity index is 1.49. The van der Waals surface area contributed by atoms with Crippen molar-refractivity contribution >= 4 is 17.5 Å². The zero-order valence-electron chi connectivity index (χ0n) is 15.5. The van der Waals surface area contributed by atoms with Crippen molar-refractivity contribution in [2.75, 3.05) is 38.7 Å². The van der Waals surface area contributed by atoms with Gasteiger partial charge in [-0.05, 0) is 69.0 Å². The third-order valence-corrected chi connectivity index (χ3v) is 5.42. The van der Waals surface area contributed by atoms with E-state index in [1.54, 1.807) is 24.3 Å². The maximum atomic E-state index is 12.6. The fourth-order valence-corrected chi connectivity index (χ4v) is 3.66. The quantitative estimate of drug-likeness (QED) is 0.817. The minimum absolute atomic E-state index is 0.0171. The first-order chi connectivity index (χ1) is 12.6. The fraction of sp³-hybridized carbons (Fsp3) is 0.600. The van der Waals surface area contributed by atoms with Crippen molar-refractivity contribution in [1.82, 2.24) is 10.2 Å². The van der Waals surface area contributed by atoms with Crippen LogP contribution in [0.1, 0.15) is 42.5 Å². The Kier molecular flexibility index (Phi) is 6.63. The summed E-state index contributed by atoms with van der Waals surface area (Å²) in [7, 11) is 1.85. The summed E-state index contributed by atoms with van der Waals surface area (Å²) in [6.45, 7) is 3.50. The number of ether oxygens (including phenoxy) is 1. The van der Waals surface area contributed by atoms with E-state index in [1.807, 2.05) is 11.9 Å². The van der Waals surface area contributed by atoms with E-state index in [0.29, 0.717) is 31.1 Å². The lowest BCUT2D eigenvalue weighted by Gasteiger charge is -2.31. The lowest BCUT2D eigenvalue weighted by Crippen LogP contribution is -2.40. The molecular weight excluding hydrogens is 330 g/mol. The highest BCUT2D eigenvalue weighted by Gasteiger charge is 2.23. The Morgan fingerprint density at radius 2 is 1.92 bits per heavy atom. The summed E-state index contributed by atoms with van der Waals surface area (Å²) in [5, 5.41) is 6.24. The number of carbonyl (C=O) groups excluding carboxylic acids is 2. The highest BCUT2D eigenvalue weighted by Crippen LogP contribution is 2.18. The van der Waals surface area contributed by atoms with E-state index in [0.717, 1.165) is 44.5 Å². The highest BCUT2D eigenvalue weighted by atomic mass is 16.5. The lowest BCUT2D eigenvalue weighted by atomic mass is 10.0. The minimum Gasteiger partial charge on any atom is -0.381 e. The van der Waals surface area contributed by atoms with Crippen molar-refractivity contribution in [3.63, 3.8) is 0 Å². The van der Waals surface area contributed by atoms with Gasteiger partial charge in [0, 0.05) is 44.0 Å². The summed E-state index contributed by atoms with van der Waals surface area (Å²) in [4.78, 5) is 26.5. The standard InChI is InChI=1S/C20H29N3O3/c1-23(18-9-12-26-13-10-18)20(25)16-3-5-17(6-4-16)22-19(24)7-2-15-8-11-21-14-15/h3-6,15,18,21H,2,7-14H2,1H3,(H,22,24). The van der Waals surface area contributed by atoms with Crippen molar-refractivity contribution in [3.8, 4) is 0 Å². The van der Waals surface area contributed by atoms with E-state index in [1.165, 1.54) is 0 Å². The van der Waals surface area contributed by atoms with Gasteiger partial charge in [-0.25, -0.2) is 0 Å². The van der Waals surface area contributed by atoms with Crippen molar-refractivity contribution in [3.05, 3.63) is 29.8 Å². The summed E-state index contributed by atoms with van der Waals surface area (Å²) in [5.74, 6) is 0.667. The second-order valence-corrected chi connectivity index (χ2v) is 7.28. The number of hydrogen-bond donors (Lipinski definition) is 2. The topological polar surface area (TPSA) is 70.7 Å². The number of carbonyl (C=O) groups is 2. The Morgan fingerprint density at radius 3 is 2.58 bits per heavy atom. The van der Waals surface area contributed by atoms with Gasteiger partial charge in [-0.3, -0.25) is 9.59 Å². The number of amides is 2. The zero-order chi connectivity index (χ0) is 18.4. The van der Waals surface area contributed by atoms with Crippen molar-refractivity contribution < 1.29 is 14.3 Å². The second-order valence-electron chi connectivity index (χ2n) is 7.28. The molecule has 0 aromatic heterocycles. The molecule has 0 aliphatic carbocycles. The number of nitrogens with one attached hydrogen (secondary N) is 2. The first-order valence-electron chi connectivity index (χ1n) is 9.59. The van der Waals surface area contributed by atoms with Crippen LogP contribution >= 0.6 is 0 Å². The second kappa shape index (κ2) is 9.14. The van der Waals surface area contributed by atoms with Crippen LogP contribution in [-0.4, -0.2) is 56.1 Å². The summed E-state index contributed by atoms with van der Waals surface area (Å²) in [5.41, 5.74) is 1.39. The molecule has 142 valence electrons. The fourth-order valence-electron chi connectivity index (χ4n) is 3.66. The van der Waals surface area contributed by atoms with E-state index in [4.69, 9.17) is 4.74 Å². The van der Waals surface area contributed by atoms with Crippen LogP contribution in [0.15, 0.2) is 24.3 Å². The molecule has 2 saturated heterocycles. The van der Waals surface area contributed by atoms with E-state index in [-0.39, 0.29) is 17.9 Å². The molecule has 1 unspecified atom stereocenters. The number of hydrogen-bond acceptors (Lipinski definition) is 4. The normalized spacial score (nSPS) is 20.7. The third-order valence-electron chi connectivity index (χ3n) is 5.42. The van der Waals surface area contributed by atoms with E-state index < -0.39 is 0 Å². The van der Waals surface area contributed by atoms with Crippen molar-refractivity contribution in [2.24, 2.45) is 5.92 Å². The molecular formula is C20H29N3O3. The van der Waals surface area contributed by atoms with Gasteiger partial charge in [-0.15, -0.1) is 0 Å². The monoisotopic (exact) mass is 359 g/mol. The highest BCUT2D eigenvalue weighted by molar-refractivity contribution is 5.95. The largest absolute Gasteiger partial charge is 0.381 e. The molecule has 0 saturated carbocycles. The maximum absolute atomic E-state index is 12.6. The summed E-state index contributed by atoms with van der Waals surface area (Å²) < 4.78 is 5.36. The van der Waals surface area contributed by atoms with E-state index in [2.05, 4.69) is 10.6 Å². The van der Waals surface area contributed by atoms with Crippen LogP contribution in [0, 0.1) is 5.92 Å². The molecule has 1 atom stereocenters. The molecule has 0 bridgehead atoms. The average molecular weight is 359 g/mol. The van der Waals surface area contributed by atoms with Crippen LogP contribution in [0.5, 0.6) is 0 Å². The predicted octanol–water partition coefficient (Wildman–Crippen LogP) is 2.27. The molecule has 1 aromatic carbocycles.